The normalized spacial score (nSPS) is 16.1. The first-order valence-corrected chi connectivity index (χ1v) is 10.5. The third kappa shape index (κ3) is 9.85. The molecule has 5 nitrogen and oxygen atoms in total. The molecule has 1 heterocycles. The average molecular weight is 514 g/mol. The third-order valence-corrected chi connectivity index (χ3v) is 4.56. The van der Waals surface area contributed by atoms with Gasteiger partial charge in [0.05, 0.1) is 6.54 Å². The molecule has 1 aromatic rings. The van der Waals surface area contributed by atoms with Gasteiger partial charge in [-0.1, -0.05) is 30.4 Å². The van der Waals surface area contributed by atoms with Crippen molar-refractivity contribution in [1.29, 1.82) is 0 Å². The average Bonchev–Trinajstić information content (AvgIpc) is 2.61. The zero-order valence-corrected chi connectivity index (χ0v) is 21.1. The maximum atomic E-state index is 6.10. The molecule has 2 rings (SSSR count). The van der Waals surface area contributed by atoms with Crippen molar-refractivity contribution in [2.45, 2.75) is 65.6 Å². The van der Waals surface area contributed by atoms with Crippen molar-refractivity contribution in [2.24, 2.45) is 4.99 Å². The molecule has 29 heavy (non-hydrogen) atoms. The Morgan fingerprint density at radius 1 is 1.24 bits per heavy atom. The van der Waals surface area contributed by atoms with Crippen LogP contribution in [0.1, 0.15) is 53.0 Å². The second-order valence-electron chi connectivity index (χ2n) is 8.67. The van der Waals surface area contributed by atoms with E-state index in [0.29, 0.717) is 12.6 Å². The van der Waals surface area contributed by atoms with E-state index in [4.69, 9.17) is 9.73 Å². The molecule has 6 heteroatoms. The molecule has 1 aliphatic rings. The summed E-state index contributed by atoms with van der Waals surface area (Å²) in [6, 6.07) is 8.62. The highest BCUT2D eigenvalue weighted by atomic mass is 127. The van der Waals surface area contributed by atoms with Gasteiger partial charge >= 0.3 is 0 Å². The summed E-state index contributed by atoms with van der Waals surface area (Å²) in [6.45, 7) is 19.1. The van der Waals surface area contributed by atoms with Crippen molar-refractivity contribution in [2.75, 3.05) is 26.2 Å². The lowest BCUT2D eigenvalue weighted by molar-refractivity contribution is 0.129. The van der Waals surface area contributed by atoms with E-state index in [1.165, 1.54) is 5.57 Å². The predicted molar refractivity (Wildman–Crippen MR) is 134 cm³/mol. The van der Waals surface area contributed by atoms with Crippen LogP contribution in [-0.4, -0.2) is 48.7 Å². The summed E-state index contributed by atoms with van der Waals surface area (Å²) in [4.78, 5) is 7.30. The van der Waals surface area contributed by atoms with E-state index in [2.05, 4.69) is 62.8 Å². The van der Waals surface area contributed by atoms with Crippen LogP contribution in [0.5, 0.6) is 5.75 Å². The van der Waals surface area contributed by atoms with Gasteiger partial charge in [0.25, 0.3) is 0 Å². The fourth-order valence-electron chi connectivity index (χ4n) is 3.36. The molecule has 1 fully saturated rings. The van der Waals surface area contributed by atoms with E-state index in [9.17, 15) is 0 Å². The van der Waals surface area contributed by atoms with Crippen LogP contribution in [0, 0.1) is 0 Å². The minimum atomic E-state index is -0.222. The van der Waals surface area contributed by atoms with Crippen LogP contribution in [0.2, 0.25) is 0 Å². The zero-order valence-electron chi connectivity index (χ0n) is 18.8. The van der Waals surface area contributed by atoms with E-state index >= 15 is 0 Å². The summed E-state index contributed by atoms with van der Waals surface area (Å²) in [6.07, 6.45) is 2.25. The van der Waals surface area contributed by atoms with Crippen molar-refractivity contribution < 1.29 is 4.74 Å². The van der Waals surface area contributed by atoms with E-state index < -0.39 is 0 Å². The number of nitrogens with zero attached hydrogens (tertiary/aromatic N) is 2. The molecule has 0 aromatic heterocycles. The number of hydrogen-bond acceptors (Lipinski definition) is 3. The second kappa shape index (κ2) is 12.4. The Bertz CT molecular complexity index is 661. The van der Waals surface area contributed by atoms with Crippen LogP contribution in [0.4, 0.5) is 0 Å². The van der Waals surface area contributed by atoms with Gasteiger partial charge < -0.3 is 15.4 Å². The summed E-state index contributed by atoms with van der Waals surface area (Å²) in [5.74, 6) is 1.79. The molecule has 164 valence electrons. The molecule has 0 spiro atoms. The number of piperidine rings is 1. The van der Waals surface area contributed by atoms with E-state index in [1.807, 2.05) is 18.2 Å². The van der Waals surface area contributed by atoms with E-state index in [0.717, 1.165) is 56.3 Å². The number of likely N-dealkylation sites (tertiary alicyclic amines) is 1. The van der Waals surface area contributed by atoms with Crippen LogP contribution < -0.4 is 15.4 Å². The molecule has 0 saturated carbocycles. The van der Waals surface area contributed by atoms with Crippen molar-refractivity contribution in [1.82, 2.24) is 15.5 Å². The lowest BCUT2D eigenvalue weighted by atomic mass is 10.0. The van der Waals surface area contributed by atoms with Crippen LogP contribution in [0.15, 0.2) is 41.4 Å². The fourth-order valence-corrected chi connectivity index (χ4v) is 3.36. The van der Waals surface area contributed by atoms with E-state index in [1.54, 1.807) is 0 Å². The van der Waals surface area contributed by atoms with Crippen LogP contribution in [0.25, 0.3) is 0 Å². The summed E-state index contributed by atoms with van der Waals surface area (Å²) in [5, 5.41) is 7.00. The van der Waals surface area contributed by atoms with Crippen LogP contribution in [0.3, 0.4) is 0 Å². The first kappa shape index (κ1) is 25.8. The van der Waals surface area contributed by atoms with Gasteiger partial charge in [0.15, 0.2) is 5.96 Å². The number of benzene rings is 1. The predicted octanol–water partition coefficient (Wildman–Crippen LogP) is 4.58. The summed E-state index contributed by atoms with van der Waals surface area (Å²) in [5.41, 5.74) is 2.11. The highest BCUT2D eigenvalue weighted by molar-refractivity contribution is 14.0. The molecule has 0 bridgehead atoms. The quantitative estimate of drug-likeness (QED) is 0.242. The lowest BCUT2D eigenvalue weighted by Crippen LogP contribution is -2.48. The van der Waals surface area contributed by atoms with Crippen LogP contribution >= 0.6 is 24.0 Å². The molecule has 0 radical (unpaired) electrons. The molecule has 0 unspecified atom stereocenters. The van der Waals surface area contributed by atoms with Crippen molar-refractivity contribution in [3.63, 3.8) is 0 Å². The molecule has 2 N–H and O–H groups in total. The molecule has 1 aliphatic heterocycles. The molecular formula is C23H39IN4O. The van der Waals surface area contributed by atoms with Crippen molar-refractivity contribution in [3.05, 3.63) is 42.0 Å². The Hall–Kier alpha value is -1.28. The number of nitrogens with one attached hydrogen (secondary N) is 2. The molecule has 0 atom stereocenters. The molecular weight excluding hydrogens is 475 g/mol. The Morgan fingerprint density at radius 3 is 2.48 bits per heavy atom. The number of para-hydroxylation sites is 1. The highest BCUT2D eigenvalue weighted by Crippen LogP contribution is 2.23. The Kier molecular flexibility index (Phi) is 11.0. The van der Waals surface area contributed by atoms with Crippen molar-refractivity contribution in [3.8, 4) is 5.75 Å². The van der Waals surface area contributed by atoms with Gasteiger partial charge in [0, 0.05) is 37.8 Å². The molecule has 0 aliphatic carbocycles. The minimum absolute atomic E-state index is 0. The minimum Gasteiger partial charge on any atom is -0.488 e. The van der Waals surface area contributed by atoms with Gasteiger partial charge in [-0.15, -0.1) is 24.0 Å². The third-order valence-electron chi connectivity index (χ3n) is 4.56. The number of hydrogen-bond donors (Lipinski definition) is 2. The summed E-state index contributed by atoms with van der Waals surface area (Å²) < 4.78 is 6.10. The monoisotopic (exact) mass is 514 g/mol. The second-order valence-corrected chi connectivity index (χ2v) is 8.67. The number of rotatable bonds is 7. The van der Waals surface area contributed by atoms with Gasteiger partial charge in [0.2, 0.25) is 0 Å². The number of halogens is 1. The van der Waals surface area contributed by atoms with Gasteiger partial charge in [-0.25, -0.2) is 4.99 Å². The Morgan fingerprint density at radius 2 is 1.90 bits per heavy atom. The SMILES string of the molecule is C=C(C)CN1CCC(NC(=NCc2ccccc2OC(C)(C)C)NCC)CC1.I. The highest BCUT2D eigenvalue weighted by Gasteiger charge is 2.20. The maximum Gasteiger partial charge on any atom is 0.191 e. The van der Waals surface area contributed by atoms with Gasteiger partial charge in [0.1, 0.15) is 11.4 Å². The van der Waals surface area contributed by atoms with Gasteiger partial charge in [-0.3, -0.25) is 4.90 Å². The topological polar surface area (TPSA) is 48.9 Å². The van der Waals surface area contributed by atoms with Crippen molar-refractivity contribution >= 4 is 29.9 Å². The first-order valence-electron chi connectivity index (χ1n) is 10.5. The molecule has 0 amide bonds. The van der Waals surface area contributed by atoms with Gasteiger partial charge in [-0.05, 0) is 53.5 Å². The summed E-state index contributed by atoms with van der Waals surface area (Å²) >= 11 is 0. The largest absolute Gasteiger partial charge is 0.488 e. The Balaban J connectivity index is 0.00000420. The maximum absolute atomic E-state index is 6.10. The number of aliphatic imine (C=N–C) groups is 1. The number of ether oxygens (including phenoxy) is 1. The summed E-state index contributed by atoms with van der Waals surface area (Å²) in [7, 11) is 0. The van der Waals surface area contributed by atoms with E-state index in [-0.39, 0.29) is 29.6 Å². The molecule has 1 saturated heterocycles. The zero-order chi connectivity index (χ0) is 20.6. The standard InChI is InChI=1S/C23H38N4O.HI/c1-7-24-22(26-20-12-14-27(15-13-20)17-18(2)3)25-16-19-10-8-9-11-21(19)28-23(4,5)6;/h8-11,20H,2,7,12-17H2,1,3-6H3,(H2,24,25,26);1H. The van der Waals surface area contributed by atoms with Gasteiger partial charge in [-0.2, -0.15) is 0 Å². The lowest BCUT2D eigenvalue weighted by Gasteiger charge is -2.33. The fraction of sp³-hybridized carbons (Fsp3) is 0.609. The number of guanidine groups is 1. The molecule has 1 aromatic carbocycles. The smallest absolute Gasteiger partial charge is 0.191 e. The Labute approximate surface area is 194 Å². The first-order chi connectivity index (χ1) is 13.3. The van der Waals surface area contributed by atoms with Crippen LogP contribution in [-0.2, 0) is 6.54 Å².